The summed E-state index contributed by atoms with van der Waals surface area (Å²) in [6.45, 7) is 4.04. The van der Waals surface area contributed by atoms with E-state index in [4.69, 9.17) is 4.42 Å². The molecule has 0 unspecified atom stereocenters. The van der Waals surface area contributed by atoms with Crippen molar-refractivity contribution in [3.8, 4) is 0 Å². The largest absolute Gasteiger partial charge is 0.468 e. The number of benzene rings is 1. The average molecular weight is 429 g/mol. The summed E-state index contributed by atoms with van der Waals surface area (Å²) in [5.41, 5.74) is 2.87. The number of aromatic nitrogens is 2. The number of hydrogen-bond donors (Lipinski definition) is 0. The van der Waals surface area contributed by atoms with Crippen LogP contribution in [0.25, 0.3) is 0 Å². The van der Waals surface area contributed by atoms with Crippen molar-refractivity contribution in [3.05, 3.63) is 65.4 Å². The Hall–Kier alpha value is -2.91. The predicted octanol–water partition coefficient (Wildman–Crippen LogP) is 2.50. The lowest BCUT2D eigenvalue weighted by Gasteiger charge is -2.18. The van der Waals surface area contributed by atoms with Gasteiger partial charge in [-0.15, -0.1) is 0 Å². The van der Waals surface area contributed by atoms with Gasteiger partial charge in [-0.05, 0) is 44.0 Å². The van der Waals surface area contributed by atoms with Gasteiger partial charge >= 0.3 is 0 Å². The number of aryl methyl sites for hydroxylation is 1. The predicted molar refractivity (Wildman–Crippen MR) is 112 cm³/mol. The second kappa shape index (κ2) is 7.73. The van der Waals surface area contributed by atoms with Crippen molar-refractivity contribution in [2.24, 2.45) is 0 Å². The zero-order valence-corrected chi connectivity index (χ0v) is 18.0. The van der Waals surface area contributed by atoms with E-state index in [1.54, 1.807) is 30.9 Å². The first-order valence-electron chi connectivity index (χ1n) is 9.70. The van der Waals surface area contributed by atoms with E-state index in [-0.39, 0.29) is 23.9 Å². The Kier molecular flexibility index (Phi) is 5.25. The number of para-hydroxylation sites is 1. The highest BCUT2D eigenvalue weighted by molar-refractivity contribution is 7.89. The van der Waals surface area contributed by atoms with Crippen LogP contribution in [0.5, 0.6) is 0 Å². The van der Waals surface area contributed by atoms with Gasteiger partial charge in [-0.3, -0.25) is 9.48 Å². The van der Waals surface area contributed by atoms with Crippen molar-refractivity contribution in [3.63, 3.8) is 0 Å². The molecule has 0 saturated carbocycles. The molecule has 0 atom stereocenters. The summed E-state index contributed by atoms with van der Waals surface area (Å²) in [6, 6.07) is 11.3. The molecule has 1 amide bonds. The summed E-state index contributed by atoms with van der Waals surface area (Å²) in [5.74, 6) is 0.435. The molecule has 0 radical (unpaired) electrons. The highest BCUT2D eigenvalue weighted by Gasteiger charge is 2.31. The van der Waals surface area contributed by atoms with Crippen LogP contribution in [0.15, 0.2) is 52.0 Å². The summed E-state index contributed by atoms with van der Waals surface area (Å²) in [6.07, 6.45) is 2.32. The van der Waals surface area contributed by atoms with Gasteiger partial charge in [0, 0.05) is 19.3 Å². The minimum absolute atomic E-state index is 0.0155. The van der Waals surface area contributed by atoms with Crippen LogP contribution < -0.4 is 4.90 Å². The average Bonchev–Trinajstić information content (AvgIpc) is 3.41. The van der Waals surface area contributed by atoms with Gasteiger partial charge in [0.25, 0.3) is 0 Å². The van der Waals surface area contributed by atoms with Gasteiger partial charge in [0.15, 0.2) is 0 Å². The van der Waals surface area contributed by atoms with Crippen LogP contribution in [0, 0.1) is 13.8 Å². The fourth-order valence-corrected chi connectivity index (χ4v) is 5.38. The SMILES string of the molecule is Cc1nn(CC(=O)N2CCc3ccccc32)c(C)c1S(=O)(=O)N(C)Cc1ccco1. The van der Waals surface area contributed by atoms with Crippen LogP contribution in [-0.4, -0.2) is 42.0 Å². The molecule has 0 bridgehead atoms. The van der Waals surface area contributed by atoms with Crippen molar-refractivity contribution in [1.29, 1.82) is 0 Å². The summed E-state index contributed by atoms with van der Waals surface area (Å²) >= 11 is 0. The first kappa shape index (κ1) is 20.4. The molecular formula is C21H24N4O4S. The standard InChI is InChI=1S/C21H24N4O4S/c1-15-21(30(27,28)23(3)13-18-8-6-12-29-18)16(2)25(22-15)14-20(26)24-11-10-17-7-4-5-9-19(17)24/h4-9,12H,10-11,13-14H2,1-3H3. The minimum atomic E-state index is -3.79. The van der Waals surface area contributed by atoms with E-state index in [0.29, 0.717) is 23.7 Å². The van der Waals surface area contributed by atoms with Crippen molar-refractivity contribution in [2.75, 3.05) is 18.5 Å². The summed E-state index contributed by atoms with van der Waals surface area (Å²) in [7, 11) is -2.29. The molecule has 0 aliphatic carbocycles. The Labute approximate surface area is 175 Å². The number of carbonyl (C=O) groups is 1. The third-order valence-corrected chi connectivity index (χ3v) is 7.47. The Morgan fingerprint density at radius 2 is 1.97 bits per heavy atom. The van der Waals surface area contributed by atoms with E-state index in [2.05, 4.69) is 5.10 Å². The molecule has 3 aromatic rings. The van der Waals surface area contributed by atoms with E-state index in [1.807, 2.05) is 24.3 Å². The summed E-state index contributed by atoms with van der Waals surface area (Å²) in [5, 5.41) is 4.36. The molecule has 1 aliphatic heterocycles. The number of amides is 1. The molecule has 3 heterocycles. The number of sulfonamides is 1. The molecule has 0 N–H and O–H groups in total. The zero-order valence-electron chi connectivity index (χ0n) is 17.2. The molecule has 2 aromatic heterocycles. The molecule has 1 aliphatic rings. The molecule has 1 aromatic carbocycles. The first-order valence-corrected chi connectivity index (χ1v) is 11.1. The number of nitrogens with zero attached hydrogens (tertiary/aromatic N) is 4. The zero-order chi connectivity index (χ0) is 21.5. The normalized spacial score (nSPS) is 13.8. The lowest BCUT2D eigenvalue weighted by Crippen LogP contribution is -2.33. The number of fused-ring (bicyclic) bond motifs is 1. The second-order valence-electron chi connectivity index (χ2n) is 7.42. The molecule has 0 saturated heterocycles. The van der Waals surface area contributed by atoms with E-state index in [1.165, 1.54) is 22.3 Å². The third kappa shape index (κ3) is 3.54. The molecule has 30 heavy (non-hydrogen) atoms. The Bertz CT molecular complexity index is 1180. The lowest BCUT2D eigenvalue weighted by molar-refractivity contribution is -0.119. The summed E-state index contributed by atoms with van der Waals surface area (Å²) < 4.78 is 34.3. The number of rotatable bonds is 6. The van der Waals surface area contributed by atoms with E-state index in [9.17, 15) is 13.2 Å². The number of furan rings is 1. The first-order chi connectivity index (χ1) is 14.3. The molecule has 4 rings (SSSR count). The molecule has 158 valence electrons. The van der Waals surface area contributed by atoms with Crippen molar-refractivity contribution < 1.29 is 17.6 Å². The monoisotopic (exact) mass is 428 g/mol. The summed E-state index contributed by atoms with van der Waals surface area (Å²) in [4.78, 5) is 14.8. The molecule has 0 spiro atoms. The Morgan fingerprint density at radius 1 is 1.20 bits per heavy atom. The lowest BCUT2D eigenvalue weighted by atomic mass is 10.2. The van der Waals surface area contributed by atoms with Crippen LogP contribution >= 0.6 is 0 Å². The fourth-order valence-electron chi connectivity index (χ4n) is 3.88. The van der Waals surface area contributed by atoms with E-state index < -0.39 is 10.0 Å². The fraction of sp³-hybridized carbons (Fsp3) is 0.333. The van der Waals surface area contributed by atoms with Gasteiger partial charge < -0.3 is 9.32 Å². The van der Waals surface area contributed by atoms with Gasteiger partial charge in [-0.1, -0.05) is 18.2 Å². The van der Waals surface area contributed by atoms with Crippen LogP contribution in [0.4, 0.5) is 5.69 Å². The van der Waals surface area contributed by atoms with Gasteiger partial charge in [-0.2, -0.15) is 9.40 Å². The van der Waals surface area contributed by atoms with Crippen LogP contribution in [0.1, 0.15) is 22.7 Å². The number of carbonyl (C=O) groups excluding carboxylic acids is 1. The maximum Gasteiger partial charge on any atom is 0.248 e. The molecule has 8 nitrogen and oxygen atoms in total. The molecular weight excluding hydrogens is 404 g/mol. The van der Waals surface area contributed by atoms with Gasteiger partial charge in [-0.25, -0.2) is 8.42 Å². The number of anilines is 1. The Morgan fingerprint density at radius 3 is 2.70 bits per heavy atom. The second-order valence-corrected chi connectivity index (χ2v) is 9.40. The van der Waals surface area contributed by atoms with Gasteiger partial charge in [0.1, 0.15) is 17.2 Å². The molecule has 9 heteroatoms. The highest BCUT2D eigenvalue weighted by atomic mass is 32.2. The van der Waals surface area contributed by atoms with Crippen LogP contribution in [-0.2, 0) is 34.3 Å². The van der Waals surface area contributed by atoms with Gasteiger partial charge in [0.2, 0.25) is 15.9 Å². The maximum atomic E-state index is 13.2. The van der Waals surface area contributed by atoms with Crippen LogP contribution in [0.3, 0.4) is 0 Å². The quantitative estimate of drug-likeness (QED) is 0.602. The molecule has 0 fully saturated rings. The third-order valence-electron chi connectivity index (χ3n) is 5.42. The number of hydrogen-bond acceptors (Lipinski definition) is 5. The van der Waals surface area contributed by atoms with Crippen molar-refractivity contribution in [2.45, 2.75) is 38.3 Å². The van der Waals surface area contributed by atoms with Crippen LogP contribution in [0.2, 0.25) is 0 Å². The van der Waals surface area contributed by atoms with Crippen molar-refractivity contribution >= 4 is 21.6 Å². The topological polar surface area (TPSA) is 88.7 Å². The minimum Gasteiger partial charge on any atom is -0.468 e. The van der Waals surface area contributed by atoms with E-state index in [0.717, 1.165) is 17.7 Å². The Balaban J connectivity index is 1.57. The van der Waals surface area contributed by atoms with E-state index >= 15 is 0 Å². The maximum absolute atomic E-state index is 13.2. The van der Waals surface area contributed by atoms with Gasteiger partial charge in [0.05, 0.1) is 24.2 Å². The highest BCUT2D eigenvalue weighted by Crippen LogP contribution is 2.28. The smallest absolute Gasteiger partial charge is 0.248 e. The van der Waals surface area contributed by atoms with Crippen molar-refractivity contribution in [1.82, 2.24) is 14.1 Å².